The minimum Gasteiger partial charge on any atom is -0.456 e. The molecule has 0 saturated carbocycles. The molecule has 0 aliphatic carbocycles. The van der Waals surface area contributed by atoms with Gasteiger partial charge in [0.15, 0.2) is 23.5 Å². The zero-order chi connectivity index (χ0) is 23.0. The Hall–Kier alpha value is -3.48. The van der Waals surface area contributed by atoms with Crippen LogP contribution in [0.1, 0.15) is 47.4 Å². The lowest BCUT2D eigenvalue weighted by Crippen LogP contribution is -2.46. The van der Waals surface area contributed by atoms with Gasteiger partial charge in [-0.2, -0.15) is 5.26 Å². The number of ketones is 1. The first-order valence-electron chi connectivity index (χ1n) is 9.20. The number of halogens is 4. The smallest absolute Gasteiger partial charge is 0.283 e. The fraction of sp³-hybridized carbons (Fsp3) is 0.333. The van der Waals surface area contributed by atoms with Gasteiger partial charge in [0.25, 0.3) is 11.9 Å². The molecular formula is C21H18F4N4O2. The van der Waals surface area contributed by atoms with Crippen LogP contribution in [0.5, 0.6) is 0 Å². The molecular weight excluding hydrogens is 416 g/mol. The monoisotopic (exact) mass is 434 g/mol. The lowest BCUT2D eigenvalue weighted by atomic mass is 9.83. The molecule has 1 aliphatic heterocycles. The summed E-state index contributed by atoms with van der Waals surface area (Å²) in [6, 6.07) is 6.11. The highest BCUT2D eigenvalue weighted by Crippen LogP contribution is 2.40. The van der Waals surface area contributed by atoms with Gasteiger partial charge in [-0.3, -0.25) is 9.78 Å². The Morgan fingerprint density at radius 3 is 2.68 bits per heavy atom. The number of Topliss-reactive ketones (excluding diaryl/α,β-unsaturated/α-hetero) is 1. The highest BCUT2D eigenvalue weighted by atomic mass is 19.3. The summed E-state index contributed by atoms with van der Waals surface area (Å²) in [5, 5.41) is 8.80. The summed E-state index contributed by atoms with van der Waals surface area (Å²) in [7, 11) is 0. The van der Waals surface area contributed by atoms with Gasteiger partial charge in [0.1, 0.15) is 11.8 Å². The Morgan fingerprint density at radius 2 is 2.10 bits per heavy atom. The molecule has 2 N–H and O–H groups in total. The van der Waals surface area contributed by atoms with Crippen molar-refractivity contribution in [2.75, 3.05) is 0 Å². The molecule has 0 fully saturated rings. The summed E-state index contributed by atoms with van der Waals surface area (Å²) >= 11 is 0. The molecule has 1 aromatic heterocycles. The summed E-state index contributed by atoms with van der Waals surface area (Å²) in [5.74, 6) is -6.33. The van der Waals surface area contributed by atoms with E-state index >= 15 is 0 Å². The fourth-order valence-electron chi connectivity index (χ4n) is 3.36. The molecule has 1 aliphatic rings. The number of aromatic nitrogens is 1. The van der Waals surface area contributed by atoms with E-state index in [-0.39, 0.29) is 28.8 Å². The second-order valence-corrected chi connectivity index (χ2v) is 7.57. The summed E-state index contributed by atoms with van der Waals surface area (Å²) < 4.78 is 61.6. The van der Waals surface area contributed by atoms with Crippen LogP contribution in [0.2, 0.25) is 0 Å². The number of hydrogen-bond donors (Lipinski definition) is 1. The minimum atomic E-state index is -3.30. The summed E-state index contributed by atoms with van der Waals surface area (Å²) in [6.07, 6.45) is -1.26. The number of nitrogens with zero attached hydrogens (tertiary/aromatic N) is 3. The quantitative estimate of drug-likeness (QED) is 0.572. The zero-order valence-corrected chi connectivity index (χ0v) is 16.6. The van der Waals surface area contributed by atoms with Crippen LogP contribution in [0.15, 0.2) is 35.5 Å². The van der Waals surface area contributed by atoms with Crippen molar-refractivity contribution in [3.8, 4) is 6.07 Å². The number of aliphatic imine (C=N–C) groups is 1. The van der Waals surface area contributed by atoms with Gasteiger partial charge in [0, 0.05) is 31.5 Å². The SMILES string of the molecule is CC(F)(F)[C@@H]1C[C@@](C)(c2cc(CC(=O)c3ccc(C#N)cn3)cc(F)c2F)N=C(N)O1. The Kier molecular flexibility index (Phi) is 5.72. The first-order valence-corrected chi connectivity index (χ1v) is 9.20. The number of carbonyl (C=O) groups is 1. The number of nitrogens with two attached hydrogens (primary N) is 1. The molecule has 0 amide bonds. The maximum atomic E-state index is 14.7. The van der Waals surface area contributed by atoms with Crippen LogP contribution < -0.4 is 5.73 Å². The molecule has 6 nitrogen and oxygen atoms in total. The first-order chi connectivity index (χ1) is 14.4. The van der Waals surface area contributed by atoms with Crippen molar-refractivity contribution in [3.63, 3.8) is 0 Å². The van der Waals surface area contributed by atoms with Crippen molar-refractivity contribution >= 4 is 11.8 Å². The van der Waals surface area contributed by atoms with E-state index in [1.54, 1.807) is 0 Å². The predicted molar refractivity (Wildman–Crippen MR) is 102 cm³/mol. The van der Waals surface area contributed by atoms with Crippen LogP contribution in [0, 0.1) is 23.0 Å². The van der Waals surface area contributed by atoms with Gasteiger partial charge < -0.3 is 10.5 Å². The summed E-state index contributed by atoms with van der Waals surface area (Å²) in [4.78, 5) is 20.3. The molecule has 10 heteroatoms. The highest BCUT2D eigenvalue weighted by Gasteiger charge is 2.47. The van der Waals surface area contributed by atoms with E-state index < -0.39 is 47.4 Å². The number of nitriles is 1. The van der Waals surface area contributed by atoms with E-state index in [4.69, 9.17) is 15.7 Å². The largest absolute Gasteiger partial charge is 0.456 e. The molecule has 0 radical (unpaired) electrons. The number of amidine groups is 1. The average Bonchev–Trinajstić information content (AvgIpc) is 2.69. The van der Waals surface area contributed by atoms with E-state index in [9.17, 15) is 22.4 Å². The molecule has 162 valence electrons. The van der Waals surface area contributed by atoms with Gasteiger partial charge in [-0.05, 0) is 36.8 Å². The topological polar surface area (TPSA) is 101 Å². The van der Waals surface area contributed by atoms with Gasteiger partial charge >= 0.3 is 0 Å². The van der Waals surface area contributed by atoms with Crippen molar-refractivity contribution in [2.45, 2.75) is 44.3 Å². The maximum Gasteiger partial charge on any atom is 0.283 e. The lowest BCUT2D eigenvalue weighted by molar-refractivity contribution is -0.103. The van der Waals surface area contributed by atoms with Crippen molar-refractivity contribution in [1.29, 1.82) is 5.26 Å². The van der Waals surface area contributed by atoms with Gasteiger partial charge in [-0.15, -0.1) is 0 Å². The summed E-state index contributed by atoms with van der Waals surface area (Å²) in [6.45, 7) is 1.97. The minimum absolute atomic E-state index is 0.0375. The third-order valence-electron chi connectivity index (χ3n) is 4.98. The van der Waals surface area contributed by atoms with E-state index in [2.05, 4.69) is 9.98 Å². The summed E-state index contributed by atoms with van der Waals surface area (Å²) in [5.41, 5.74) is 3.98. The van der Waals surface area contributed by atoms with Crippen molar-refractivity contribution < 1.29 is 27.1 Å². The third-order valence-corrected chi connectivity index (χ3v) is 4.98. The van der Waals surface area contributed by atoms with Crippen LogP contribution in [0.25, 0.3) is 0 Å². The number of carbonyl (C=O) groups excluding carboxylic acids is 1. The second kappa shape index (κ2) is 7.98. The van der Waals surface area contributed by atoms with E-state index in [0.29, 0.717) is 6.92 Å². The molecule has 0 saturated heterocycles. The fourth-order valence-corrected chi connectivity index (χ4v) is 3.36. The predicted octanol–water partition coefficient (Wildman–Crippen LogP) is 3.63. The molecule has 3 rings (SSSR count). The standard InChI is InChI=1S/C21H18F4N4O2/c1-20(8-17(21(2,24)25)31-19(27)29-20)13-5-12(6-14(22)18(13)23)7-16(30)15-4-3-11(9-26)10-28-15/h3-6,10,17H,7-8H2,1-2H3,(H2,27,29)/t17-,20-/m0/s1. The van der Waals surface area contributed by atoms with Crippen LogP contribution >= 0.6 is 0 Å². The second-order valence-electron chi connectivity index (χ2n) is 7.57. The van der Waals surface area contributed by atoms with E-state index in [1.165, 1.54) is 31.3 Å². The Morgan fingerprint density at radius 1 is 1.39 bits per heavy atom. The Balaban J connectivity index is 1.96. The van der Waals surface area contributed by atoms with Crippen LogP contribution in [0.3, 0.4) is 0 Å². The number of alkyl halides is 2. The van der Waals surface area contributed by atoms with Gasteiger partial charge in [-0.25, -0.2) is 22.6 Å². The van der Waals surface area contributed by atoms with Crippen molar-refractivity contribution in [3.05, 3.63) is 64.5 Å². The van der Waals surface area contributed by atoms with Crippen molar-refractivity contribution in [2.24, 2.45) is 10.7 Å². The first kappa shape index (κ1) is 22.2. The number of benzene rings is 1. The maximum absolute atomic E-state index is 14.7. The Labute approximate surface area is 175 Å². The zero-order valence-electron chi connectivity index (χ0n) is 16.6. The van der Waals surface area contributed by atoms with Crippen LogP contribution in [-0.4, -0.2) is 28.8 Å². The molecule has 0 bridgehead atoms. The highest BCUT2D eigenvalue weighted by molar-refractivity contribution is 5.95. The molecule has 1 aromatic carbocycles. The molecule has 0 spiro atoms. The number of pyridine rings is 1. The van der Waals surface area contributed by atoms with Crippen molar-refractivity contribution in [1.82, 2.24) is 4.98 Å². The third kappa shape index (κ3) is 4.66. The van der Waals surface area contributed by atoms with Gasteiger partial charge in [0.05, 0.1) is 11.1 Å². The Bertz CT molecular complexity index is 1090. The molecule has 2 atom stereocenters. The van der Waals surface area contributed by atoms with E-state index in [1.807, 2.05) is 6.07 Å². The van der Waals surface area contributed by atoms with E-state index in [0.717, 1.165) is 6.07 Å². The number of hydrogen-bond acceptors (Lipinski definition) is 6. The van der Waals surface area contributed by atoms with Gasteiger partial charge in [-0.1, -0.05) is 0 Å². The number of rotatable bonds is 5. The van der Waals surface area contributed by atoms with Crippen LogP contribution in [-0.2, 0) is 16.7 Å². The molecule has 2 heterocycles. The molecule has 31 heavy (non-hydrogen) atoms. The molecule has 2 aromatic rings. The molecule has 0 unspecified atom stereocenters. The number of ether oxygens (including phenoxy) is 1. The normalized spacial score (nSPS) is 21.1. The van der Waals surface area contributed by atoms with Gasteiger partial charge in [0.2, 0.25) is 0 Å². The van der Waals surface area contributed by atoms with Crippen LogP contribution in [0.4, 0.5) is 17.6 Å². The average molecular weight is 434 g/mol. The lowest BCUT2D eigenvalue weighted by Gasteiger charge is -2.37.